The second kappa shape index (κ2) is 8.85. The Labute approximate surface area is 144 Å². The summed E-state index contributed by atoms with van der Waals surface area (Å²) in [6.07, 6.45) is 0. The predicted molar refractivity (Wildman–Crippen MR) is 95.4 cm³/mol. The molecule has 1 aromatic carbocycles. The molecule has 0 aliphatic heterocycles. The molecule has 0 saturated carbocycles. The number of aromatic nitrogens is 2. The van der Waals surface area contributed by atoms with Gasteiger partial charge >= 0.3 is 0 Å². The van der Waals surface area contributed by atoms with Crippen LogP contribution in [-0.2, 0) is 9.53 Å². The number of carbonyl (C=O) groups is 1. The van der Waals surface area contributed by atoms with Gasteiger partial charge in [-0.15, -0.1) is 10.2 Å². The van der Waals surface area contributed by atoms with Gasteiger partial charge in [0.25, 0.3) is 0 Å². The molecule has 1 amide bonds. The van der Waals surface area contributed by atoms with E-state index in [2.05, 4.69) is 20.8 Å². The molecule has 0 unspecified atom stereocenters. The monoisotopic (exact) mass is 352 g/mol. The number of amides is 1. The Bertz CT molecular complexity index is 648. The van der Waals surface area contributed by atoms with Gasteiger partial charge in [0.05, 0.1) is 11.9 Å². The van der Waals surface area contributed by atoms with Crippen LogP contribution in [0.1, 0.15) is 12.5 Å². The molecule has 0 bridgehead atoms. The molecule has 2 N–H and O–H groups in total. The zero-order valence-corrected chi connectivity index (χ0v) is 15.0. The number of nitrogens with zero attached hydrogens (tertiary/aromatic N) is 2. The normalized spacial score (nSPS) is 12.0. The standard InChI is InChI=1S/C15H20N4O2S2/c1-10-6-4-5-7-12(10)17-13(20)11(2)22-15-19-18-14(23-15)16-8-9-21-3/h4-7,11H,8-9H2,1-3H3,(H,16,18)(H,17,20)/t11-/m1/s1. The Kier molecular flexibility index (Phi) is 6.82. The first kappa shape index (κ1) is 17.7. The summed E-state index contributed by atoms with van der Waals surface area (Å²) in [5.41, 5.74) is 1.88. The minimum Gasteiger partial charge on any atom is -0.383 e. The van der Waals surface area contributed by atoms with Crippen molar-refractivity contribution in [1.29, 1.82) is 0 Å². The number of nitrogens with one attached hydrogen (secondary N) is 2. The van der Waals surface area contributed by atoms with Crippen LogP contribution in [-0.4, -0.2) is 41.6 Å². The lowest BCUT2D eigenvalue weighted by atomic mass is 10.2. The fourth-order valence-corrected chi connectivity index (χ4v) is 3.66. The third kappa shape index (κ3) is 5.49. The fourth-order valence-electron chi connectivity index (χ4n) is 1.74. The molecule has 1 aromatic heterocycles. The van der Waals surface area contributed by atoms with E-state index >= 15 is 0 Å². The molecule has 0 saturated heterocycles. The SMILES string of the molecule is COCCNc1nnc(S[C@H](C)C(=O)Nc2ccccc2C)s1. The number of methoxy groups -OCH3 is 1. The summed E-state index contributed by atoms with van der Waals surface area (Å²) in [5.74, 6) is -0.0478. The van der Waals surface area contributed by atoms with Crippen molar-refractivity contribution in [2.45, 2.75) is 23.4 Å². The summed E-state index contributed by atoms with van der Waals surface area (Å²) >= 11 is 2.83. The average Bonchev–Trinajstić information content (AvgIpc) is 2.97. The van der Waals surface area contributed by atoms with E-state index in [1.165, 1.54) is 23.1 Å². The third-order valence-corrected chi connectivity index (χ3v) is 5.10. The number of hydrogen-bond donors (Lipinski definition) is 2. The van der Waals surface area contributed by atoms with E-state index in [1.807, 2.05) is 38.1 Å². The van der Waals surface area contributed by atoms with Crippen LogP contribution < -0.4 is 10.6 Å². The van der Waals surface area contributed by atoms with E-state index in [0.29, 0.717) is 13.2 Å². The molecule has 124 valence electrons. The average molecular weight is 352 g/mol. The van der Waals surface area contributed by atoms with Crippen molar-refractivity contribution >= 4 is 39.8 Å². The van der Waals surface area contributed by atoms with Crippen molar-refractivity contribution in [2.24, 2.45) is 0 Å². The highest BCUT2D eigenvalue weighted by atomic mass is 32.2. The maximum absolute atomic E-state index is 12.3. The minimum absolute atomic E-state index is 0.0478. The number of carbonyl (C=O) groups excluding carboxylic acids is 1. The minimum atomic E-state index is -0.255. The molecular weight excluding hydrogens is 332 g/mol. The zero-order valence-electron chi connectivity index (χ0n) is 13.3. The maximum atomic E-state index is 12.3. The predicted octanol–water partition coefficient (Wildman–Crippen LogP) is 3.02. The highest BCUT2D eigenvalue weighted by Crippen LogP contribution is 2.29. The first-order chi connectivity index (χ1) is 11.1. The topological polar surface area (TPSA) is 76.1 Å². The van der Waals surface area contributed by atoms with Crippen molar-refractivity contribution in [1.82, 2.24) is 10.2 Å². The number of anilines is 2. The molecule has 8 heteroatoms. The molecule has 0 fully saturated rings. The van der Waals surface area contributed by atoms with Crippen LogP contribution in [0, 0.1) is 6.92 Å². The number of ether oxygens (including phenoxy) is 1. The van der Waals surface area contributed by atoms with Gasteiger partial charge in [-0.05, 0) is 25.5 Å². The van der Waals surface area contributed by atoms with Gasteiger partial charge in [0.15, 0.2) is 4.34 Å². The molecule has 0 spiro atoms. The van der Waals surface area contributed by atoms with Crippen molar-refractivity contribution in [3.8, 4) is 0 Å². The molecule has 1 atom stereocenters. The van der Waals surface area contributed by atoms with Crippen molar-refractivity contribution in [2.75, 3.05) is 30.9 Å². The molecular formula is C15H20N4O2S2. The van der Waals surface area contributed by atoms with Crippen LogP contribution >= 0.6 is 23.1 Å². The molecule has 2 aromatic rings. The van der Waals surface area contributed by atoms with Crippen LogP contribution in [0.25, 0.3) is 0 Å². The quantitative estimate of drug-likeness (QED) is 0.562. The summed E-state index contributed by atoms with van der Waals surface area (Å²) < 4.78 is 5.73. The first-order valence-corrected chi connectivity index (χ1v) is 8.89. The summed E-state index contributed by atoms with van der Waals surface area (Å²) in [6.45, 7) is 5.12. The van der Waals surface area contributed by atoms with Gasteiger partial charge in [0, 0.05) is 19.3 Å². The maximum Gasteiger partial charge on any atom is 0.237 e. The summed E-state index contributed by atoms with van der Waals surface area (Å²) in [7, 11) is 1.65. The summed E-state index contributed by atoms with van der Waals surface area (Å²) in [6, 6.07) is 7.72. The number of para-hydroxylation sites is 1. The molecule has 23 heavy (non-hydrogen) atoms. The van der Waals surface area contributed by atoms with Gasteiger partial charge in [0.1, 0.15) is 0 Å². The smallest absolute Gasteiger partial charge is 0.237 e. The third-order valence-electron chi connectivity index (χ3n) is 3.04. The van der Waals surface area contributed by atoms with Gasteiger partial charge in [-0.1, -0.05) is 41.3 Å². The Balaban J connectivity index is 1.87. The molecule has 0 aliphatic rings. The molecule has 0 aliphatic carbocycles. The molecule has 0 radical (unpaired) electrons. The van der Waals surface area contributed by atoms with E-state index < -0.39 is 0 Å². The van der Waals surface area contributed by atoms with Gasteiger partial charge in [-0.3, -0.25) is 4.79 Å². The van der Waals surface area contributed by atoms with E-state index in [0.717, 1.165) is 20.7 Å². The second-order valence-corrected chi connectivity index (χ2v) is 7.42. The van der Waals surface area contributed by atoms with Gasteiger partial charge in [-0.25, -0.2) is 0 Å². The second-order valence-electron chi connectivity index (χ2n) is 4.86. The Morgan fingerprint density at radius 3 is 2.91 bits per heavy atom. The van der Waals surface area contributed by atoms with Gasteiger partial charge < -0.3 is 15.4 Å². The highest BCUT2D eigenvalue weighted by Gasteiger charge is 2.17. The lowest BCUT2D eigenvalue weighted by Gasteiger charge is -2.11. The van der Waals surface area contributed by atoms with Gasteiger partial charge in [0.2, 0.25) is 11.0 Å². The largest absolute Gasteiger partial charge is 0.383 e. The number of benzene rings is 1. The van der Waals surface area contributed by atoms with Crippen LogP contribution in [0.2, 0.25) is 0 Å². The lowest BCUT2D eigenvalue weighted by Crippen LogP contribution is -2.22. The zero-order chi connectivity index (χ0) is 16.7. The Morgan fingerprint density at radius 2 is 2.17 bits per heavy atom. The number of hydrogen-bond acceptors (Lipinski definition) is 7. The molecule has 6 nitrogen and oxygen atoms in total. The van der Waals surface area contributed by atoms with Crippen LogP contribution in [0.5, 0.6) is 0 Å². The van der Waals surface area contributed by atoms with E-state index in [4.69, 9.17) is 4.74 Å². The van der Waals surface area contributed by atoms with E-state index in [1.54, 1.807) is 7.11 Å². The van der Waals surface area contributed by atoms with Crippen molar-refractivity contribution in [3.05, 3.63) is 29.8 Å². The highest BCUT2D eigenvalue weighted by molar-refractivity contribution is 8.02. The lowest BCUT2D eigenvalue weighted by molar-refractivity contribution is -0.115. The van der Waals surface area contributed by atoms with Crippen molar-refractivity contribution < 1.29 is 9.53 Å². The fraction of sp³-hybridized carbons (Fsp3) is 0.400. The van der Waals surface area contributed by atoms with E-state index in [-0.39, 0.29) is 11.2 Å². The van der Waals surface area contributed by atoms with Crippen LogP contribution in [0.15, 0.2) is 28.6 Å². The van der Waals surface area contributed by atoms with Crippen LogP contribution in [0.4, 0.5) is 10.8 Å². The summed E-state index contributed by atoms with van der Waals surface area (Å²) in [4.78, 5) is 12.3. The van der Waals surface area contributed by atoms with Gasteiger partial charge in [-0.2, -0.15) is 0 Å². The number of thioether (sulfide) groups is 1. The first-order valence-electron chi connectivity index (χ1n) is 7.19. The van der Waals surface area contributed by atoms with E-state index in [9.17, 15) is 4.79 Å². The number of aryl methyl sites for hydroxylation is 1. The van der Waals surface area contributed by atoms with Crippen LogP contribution in [0.3, 0.4) is 0 Å². The Hall–Kier alpha value is -1.64. The Morgan fingerprint density at radius 1 is 1.39 bits per heavy atom. The number of rotatable bonds is 8. The summed E-state index contributed by atoms with van der Waals surface area (Å²) in [5, 5.41) is 14.7. The molecule has 2 rings (SSSR count). The molecule has 1 heterocycles. The van der Waals surface area contributed by atoms with Crippen molar-refractivity contribution in [3.63, 3.8) is 0 Å².